The van der Waals surface area contributed by atoms with Crippen LogP contribution in [0.15, 0.2) is 0 Å². The molecule has 0 aromatic rings. The Morgan fingerprint density at radius 1 is 0.438 bits per heavy atom. The van der Waals surface area contributed by atoms with Crippen molar-refractivity contribution in [2.45, 2.75) is 239 Å². The first-order valence-electron chi connectivity index (χ1n) is 22.6. The minimum atomic E-state index is -0.604. The van der Waals surface area contributed by atoms with E-state index in [0.717, 1.165) is 50.4 Å². The fraction of sp³-hybridized carbons (Fsp3) is 0.957. The lowest BCUT2D eigenvalue weighted by molar-refractivity contribution is -0.209. The summed E-state index contributed by atoms with van der Waals surface area (Å²) < 4.78 is 0. The van der Waals surface area contributed by atoms with Crippen LogP contribution in [0.4, 0.5) is 0 Å². The van der Waals surface area contributed by atoms with Crippen molar-refractivity contribution in [3.05, 3.63) is 0 Å². The Balaban J connectivity index is 1.20. The first kappa shape index (κ1) is 38.6. The van der Waals surface area contributed by atoms with Crippen molar-refractivity contribution < 1.29 is 9.59 Å². The van der Waals surface area contributed by atoms with Gasteiger partial charge in [-0.25, -0.2) is 0 Å². The molecule has 0 radical (unpaired) electrons. The lowest BCUT2D eigenvalue weighted by atomic mass is 9.31. The average Bonchev–Trinajstić information content (AvgIpc) is 3.14. The zero-order chi connectivity index (χ0) is 33.7. The van der Waals surface area contributed by atoms with E-state index in [1.807, 2.05) is 0 Å². The standard InChI is InChI=1S/C46H80O2/c1-3-5-7-9-11-13-15-18-24-38-26-30-40(31-27-38)45(41-32-28-39(29-33-41)25-19-16-14-12-10-8-6-4-2)36-22-23-37-46(45)42(47)44(43(46)48)34-20-17-21-35-44/h38-41H,3-37H2,1-2H3. The number of hydrogen-bond donors (Lipinski definition) is 0. The molecule has 0 aromatic heterocycles. The predicted octanol–water partition coefficient (Wildman–Crippen LogP) is 14.3. The second kappa shape index (κ2) is 19.3. The Labute approximate surface area is 298 Å². The minimum absolute atomic E-state index is 0.0188. The predicted molar refractivity (Wildman–Crippen MR) is 204 cm³/mol. The number of ketones is 2. The summed E-state index contributed by atoms with van der Waals surface area (Å²) in [5, 5.41) is 0. The lowest BCUT2D eigenvalue weighted by Crippen LogP contribution is -2.76. The van der Waals surface area contributed by atoms with Gasteiger partial charge >= 0.3 is 0 Å². The number of unbranched alkanes of at least 4 members (excludes halogenated alkanes) is 14. The van der Waals surface area contributed by atoms with Crippen LogP contribution < -0.4 is 0 Å². The molecule has 276 valence electrons. The number of hydrogen-bond acceptors (Lipinski definition) is 2. The molecule has 0 saturated heterocycles. The molecule has 2 nitrogen and oxygen atoms in total. The molecular formula is C46H80O2. The zero-order valence-corrected chi connectivity index (χ0v) is 32.4. The van der Waals surface area contributed by atoms with Gasteiger partial charge in [0.1, 0.15) is 0 Å². The van der Waals surface area contributed by atoms with Gasteiger partial charge in [0.25, 0.3) is 0 Å². The summed E-state index contributed by atoms with van der Waals surface area (Å²) in [5.41, 5.74) is -1.19. The smallest absolute Gasteiger partial charge is 0.160 e. The molecule has 48 heavy (non-hydrogen) atoms. The van der Waals surface area contributed by atoms with Gasteiger partial charge in [-0.2, -0.15) is 0 Å². The normalized spacial score (nSPS) is 31.7. The molecule has 5 saturated carbocycles. The van der Waals surface area contributed by atoms with Crippen LogP contribution in [0.2, 0.25) is 0 Å². The summed E-state index contributed by atoms with van der Waals surface area (Å²) in [6.45, 7) is 4.62. The Morgan fingerprint density at radius 3 is 1.25 bits per heavy atom. The van der Waals surface area contributed by atoms with Gasteiger partial charge in [0, 0.05) is 0 Å². The van der Waals surface area contributed by atoms with Crippen molar-refractivity contribution in [3.63, 3.8) is 0 Å². The third-order valence-corrected chi connectivity index (χ3v) is 15.6. The Bertz CT molecular complexity index is 883. The molecule has 0 atom stereocenters. The van der Waals surface area contributed by atoms with Crippen molar-refractivity contribution in [3.8, 4) is 0 Å². The third kappa shape index (κ3) is 8.35. The highest BCUT2D eigenvalue weighted by Crippen LogP contribution is 2.73. The highest BCUT2D eigenvalue weighted by atomic mass is 16.2. The molecule has 0 unspecified atom stereocenters. The van der Waals surface area contributed by atoms with Gasteiger partial charge in [0.05, 0.1) is 10.8 Å². The molecule has 0 bridgehead atoms. The molecule has 2 spiro atoms. The minimum Gasteiger partial charge on any atom is -0.297 e. The molecule has 5 rings (SSSR count). The monoisotopic (exact) mass is 665 g/mol. The second-order valence-electron chi connectivity index (χ2n) is 18.4. The topological polar surface area (TPSA) is 34.1 Å². The summed E-state index contributed by atoms with van der Waals surface area (Å²) in [7, 11) is 0. The van der Waals surface area contributed by atoms with Crippen LogP contribution in [-0.2, 0) is 9.59 Å². The van der Waals surface area contributed by atoms with Crippen molar-refractivity contribution in [2.24, 2.45) is 39.9 Å². The lowest BCUT2D eigenvalue weighted by Gasteiger charge is -2.69. The number of carbonyl (C=O) groups excluding carboxylic acids is 2. The molecule has 2 heteroatoms. The van der Waals surface area contributed by atoms with Gasteiger partial charge < -0.3 is 0 Å². The quantitative estimate of drug-likeness (QED) is 0.0958. The van der Waals surface area contributed by atoms with Crippen LogP contribution in [0.5, 0.6) is 0 Å². The van der Waals surface area contributed by atoms with Gasteiger partial charge in [-0.15, -0.1) is 0 Å². The van der Waals surface area contributed by atoms with Crippen LogP contribution in [0.3, 0.4) is 0 Å². The van der Waals surface area contributed by atoms with E-state index in [4.69, 9.17) is 0 Å². The molecule has 0 amide bonds. The fourth-order valence-corrected chi connectivity index (χ4v) is 13.0. The summed E-state index contributed by atoms with van der Waals surface area (Å²) >= 11 is 0. The Morgan fingerprint density at radius 2 is 0.812 bits per heavy atom. The fourth-order valence-electron chi connectivity index (χ4n) is 13.0. The zero-order valence-electron chi connectivity index (χ0n) is 32.4. The third-order valence-electron chi connectivity index (χ3n) is 15.6. The summed E-state index contributed by atoms with van der Waals surface area (Å²) in [5.74, 6) is 3.96. The maximum atomic E-state index is 14.9. The molecule has 0 heterocycles. The average molecular weight is 665 g/mol. The van der Waals surface area contributed by atoms with Crippen molar-refractivity contribution >= 4 is 11.6 Å². The number of carbonyl (C=O) groups is 2. The van der Waals surface area contributed by atoms with Gasteiger partial charge in [0.15, 0.2) is 11.6 Å². The van der Waals surface area contributed by atoms with Crippen LogP contribution in [0.25, 0.3) is 0 Å². The Hall–Kier alpha value is -0.660. The van der Waals surface area contributed by atoms with E-state index in [2.05, 4.69) is 13.8 Å². The molecule has 0 aromatic carbocycles. The molecular weight excluding hydrogens is 585 g/mol. The van der Waals surface area contributed by atoms with Crippen molar-refractivity contribution in [2.75, 3.05) is 0 Å². The molecule has 5 fully saturated rings. The summed E-state index contributed by atoms with van der Waals surface area (Å²) in [6, 6.07) is 0. The molecule has 0 N–H and O–H groups in total. The maximum Gasteiger partial charge on any atom is 0.160 e. The second-order valence-corrected chi connectivity index (χ2v) is 18.4. The SMILES string of the molecule is CCCCCCCCCCC1CCC(C2(C3CCC(CCCCCCCCCC)CC3)CCCCC23C(=O)C2(CCCCC2)C3=O)CC1. The van der Waals surface area contributed by atoms with Gasteiger partial charge in [0.2, 0.25) is 0 Å². The maximum absolute atomic E-state index is 14.9. The number of Topliss-reactive ketones (excluding diaryl/α,β-unsaturated/α-hetero) is 2. The van der Waals surface area contributed by atoms with E-state index < -0.39 is 10.8 Å². The highest BCUT2D eigenvalue weighted by Gasteiger charge is 2.79. The van der Waals surface area contributed by atoms with E-state index in [-0.39, 0.29) is 5.41 Å². The van der Waals surface area contributed by atoms with E-state index in [9.17, 15) is 9.59 Å². The van der Waals surface area contributed by atoms with E-state index in [0.29, 0.717) is 23.4 Å². The summed E-state index contributed by atoms with van der Waals surface area (Å²) in [4.78, 5) is 29.8. The van der Waals surface area contributed by atoms with Crippen molar-refractivity contribution in [1.82, 2.24) is 0 Å². The molecule has 5 aliphatic carbocycles. The van der Waals surface area contributed by atoms with Gasteiger partial charge in [-0.05, 0) is 80.5 Å². The Kier molecular flexibility index (Phi) is 15.5. The highest BCUT2D eigenvalue weighted by molar-refractivity contribution is 6.31. The van der Waals surface area contributed by atoms with E-state index in [1.54, 1.807) is 0 Å². The van der Waals surface area contributed by atoms with Crippen LogP contribution in [0, 0.1) is 39.9 Å². The first-order chi connectivity index (χ1) is 23.5. The molecule has 5 aliphatic rings. The van der Waals surface area contributed by atoms with Crippen LogP contribution in [0.1, 0.15) is 239 Å². The van der Waals surface area contributed by atoms with Crippen LogP contribution in [-0.4, -0.2) is 11.6 Å². The number of rotatable bonds is 20. The van der Waals surface area contributed by atoms with Gasteiger partial charge in [-0.3, -0.25) is 9.59 Å². The van der Waals surface area contributed by atoms with Crippen molar-refractivity contribution in [1.29, 1.82) is 0 Å². The largest absolute Gasteiger partial charge is 0.297 e. The van der Waals surface area contributed by atoms with Crippen LogP contribution >= 0.6 is 0 Å². The van der Waals surface area contributed by atoms with Gasteiger partial charge in [-0.1, -0.05) is 187 Å². The van der Waals surface area contributed by atoms with E-state index >= 15 is 0 Å². The first-order valence-corrected chi connectivity index (χ1v) is 22.6. The molecule has 0 aliphatic heterocycles. The van der Waals surface area contributed by atoms with E-state index in [1.165, 1.54) is 186 Å². The summed E-state index contributed by atoms with van der Waals surface area (Å²) in [6.07, 6.45) is 45.7.